The van der Waals surface area contributed by atoms with E-state index in [1.165, 1.54) is 6.08 Å². The van der Waals surface area contributed by atoms with Gasteiger partial charge in [-0.1, -0.05) is 72.8 Å². The number of para-hydroxylation sites is 2. The molecule has 0 aliphatic heterocycles. The van der Waals surface area contributed by atoms with Crippen molar-refractivity contribution in [3.05, 3.63) is 150 Å². The Morgan fingerprint density at radius 3 is 1.46 bits per heavy atom. The van der Waals surface area contributed by atoms with Crippen molar-refractivity contribution in [3.63, 3.8) is 0 Å². The maximum absolute atomic E-state index is 11.7. The average molecular weight is 539 g/mol. The number of carboxylic acid groups (broad SMARTS) is 1. The van der Waals surface area contributed by atoms with Crippen LogP contribution in [0.25, 0.3) is 27.4 Å². The number of benzene rings is 4. The summed E-state index contributed by atoms with van der Waals surface area (Å²) in [6.45, 7) is 0.663. The first-order chi connectivity index (χ1) is 20.1. The first kappa shape index (κ1) is 25.8. The molecule has 0 bridgehead atoms. The summed E-state index contributed by atoms with van der Waals surface area (Å²) >= 11 is 0. The summed E-state index contributed by atoms with van der Waals surface area (Å²) < 4.78 is 11.9. The fraction of sp³-hybridized carbons (Fsp3) is 0.0571. The molecule has 0 amide bonds. The lowest BCUT2D eigenvalue weighted by Crippen LogP contribution is -2.00. The zero-order valence-corrected chi connectivity index (χ0v) is 22.1. The highest BCUT2D eigenvalue weighted by molar-refractivity contribution is 5.95. The van der Waals surface area contributed by atoms with Crippen LogP contribution in [0.5, 0.6) is 11.5 Å². The molecule has 0 saturated heterocycles. The van der Waals surface area contributed by atoms with Crippen LogP contribution in [0.15, 0.2) is 127 Å². The van der Waals surface area contributed by atoms with Gasteiger partial charge in [0.25, 0.3) is 0 Å². The quantitative estimate of drug-likeness (QED) is 0.193. The summed E-state index contributed by atoms with van der Waals surface area (Å²) in [5, 5.41) is 11.7. The number of rotatable bonds is 9. The van der Waals surface area contributed by atoms with Gasteiger partial charge in [0.2, 0.25) is 0 Å². The van der Waals surface area contributed by atoms with Gasteiger partial charge in [-0.25, -0.2) is 14.8 Å². The van der Waals surface area contributed by atoms with Crippen LogP contribution < -0.4 is 9.47 Å². The molecule has 0 unspecified atom stereocenters. The molecule has 0 spiro atoms. The highest BCUT2D eigenvalue weighted by atomic mass is 16.5. The number of hydrogen-bond acceptors (Lipinski definition) is 5. The lowest BCUT2D eigenvalue weighted by molar-refractivity contribution is -0.131. The number of nitrogens with zero attached hydrogens (tertiary/aromatic N) is 2. The minimum Gasteiger partial charge on any atom is -0.487 e. The molecular weight excluding hydrogens is 512 g/mol. The van der Waals surface area contributed by atoms with Crippen LogP contribution in [-0.4, -0.2) is 21.0 Å². The summed E-state index contributed by atoms with van der Waals surface area (Å²) in [7, 11) is 0. The Kier molecular flexibility index (Phi) is 7.36. The van der Waals surface area contributed by atoms with Crippen LogP contribution in [0.4, 0.5) is 0 Å². The molecule has 6 heteroatoms. The van der Waals surface area contributed by atoms with Crippen molar-refractivity contribution in [1.29, 1.82) is 0 Å². The van der Waals surface area contributed by atoms with Crippen molar-refractivity contribution in [1.82, 2.24) is 9.97 Å². The van der Waals surface area contributed by atoms with Gasteiger partial charge in [-0.15, -0.1) is 0 Å². The van der Waals surface area contributed by atoms with Crippen molar-refractivity contribution >= 4 is 33.3 Å². The smallest absolute Gasteiger partial charge is 0.328 e. The molecule has 2 aromatic heterocycles. The molecule has 2 heterocycles. The lowest BCUT2D eigenvalue weighted by Gasteiger charge is -2.12. The van der Waals surface area contributed by atoms with E-state index < -0.39 is 5.97 Å². The number of carbonyl (C=O) groups is 1. The summed E-state index contributed by atoms with van der Waals surface area (Å²) in [6, 6.07) is 38.6. The monoisotopic (exact) mass is 538 g/mol. The third kappa shape index (κ3) is 6.23. The van der Waals surface area contributed by atoms with E-state index >= 15 is 0 Å². The Morgan fingerprint density at radius 1 is 0.585 bits per heavy atom. The van der Waals surface area contributed by atoms with Gasteiger partial charge < -0.3 is 14.6 Å². The van der Waals surface area contributed by atoms with Gasteiger partial charge in [0.15, 0.2) is 0 Å². The third-order valence-electron chi connectivity index (χ3n) is 6.68. The number of ether oxygens (including phenoxy) is 2. The van der Waals surface area contributed by atoms with E-state index in [0.29, 0.717) is 30.3 Å². The van der Waals surface area contributed by atoms with E-state index in [1.807, 2.05) is 121 Å². The molecule has 6 nitrogen and oxygen atoms in total. The molecule has 4 aromatic carbocycles. The van der Waals surface area contributed by atoms with Gasteiger partial charge in [-0.3, -0.25) is 0 Å². The fourth-order valence-electron chi connectivity index (χ4n) is 4.61. The molecule has 0 radical (unpaired) electrons. The summed E-state index contributed by atoms with van der Waals surface area (Å²) in [5.41, 5.74) is 5.62. The molecule has 1 N–H and O–H groups in total. The molecule has 41 heavy (non-hydrogen) atoms. The first-order valence-electron chi connectivity index (χ1n) is 13.2. The van der Waals surface area contributed by atoms with Crippen molar-refractivity contribution in [2.24, 2.45) is 0 Å². The number of pyridine rings is 2. The second-order valence-electron chi connectivity index (χ2n) is 9.51. The van der Waals surface area contributed by atoms with E-state index in [-0.39, 0.29) is 0 Å². The van der Waals surface area contributed by atoms with Gasteiger partial charge in [0, 0.05) is 16.8 Å². The Labute approximate surface area is 237 Å². The third-order valence-corrected chi connectivity index (χ3v) is 6.68. The highest BCUT2D eigenvalue weighted by Crippen LogP contribution is 2.28. The molecule has 0 aliphatic carbocycles. The average Bonchev–Trinajstić information content (AvgIpc) is 3.02. The van der Waals surface area contributed by atoms with Gasteiger partial charge in [0.1, 0.15) is 24.7 Å². The molecule has 0 saturated carbocycles. The van der Waals surface area contributed by atoms with E-state index in [0.717, 1.165) is 44.3 Å². The minimum atomic E-state index is -1.02. The maximum atomic E-state index is 11.7. The van der Waals surface area contributed by atoms with Gasteiger partial charge >= 0.3 is 5.97 Å². The minimum absolute atomic E-state index is 0.332. The standard InChI is InChI=1S/C35H26N2O4/c38-35(39)21-32(24-11-17-30(18-12-24)40-22-28-15-9-26-5-1-3-7-33(26)36-28)25-13-19-31(20-14-25)41-23-29-16-10-27-6-2-4-8-34(27)37-29/h1-21H,22-23H2,(H,38,39). The van der Waals surface area contributed by atoms with E-state index in [1.54, 1.807) is 0 Å². The Bertz CT molecular complexity index is 1730. The number of hydrogen-bond donors (Lipinski definition) is 1. The molecule has 6 aromatic rings. The zero-order valence-electron chi connectivity index (χ0n) is 22.1. The van der Waals surface area contributed by atoms with Gasteiger partial charge in [-0.2, -0.15) is 0 Å². The molecule has 6 rings (SSSR count). The SMILES string of the molecule is O=C(O)C=C(c1ccc(OCc2ccc3ccccc3n2)cc1)c1ccc(OCc2ccc3ccccc3n2)cc1. The number of carboxylic acids is 1. The molecule has 0 atom stereocenters. The van der Waals surface area contributed by atoms with E-state index in [2.05, 4.69) is 9.97 Å². The normalized spacial score (nSPS) is 10.8. The predicted molar refractivity (Wildman–Crippen MR) is 160 cm³/mol. The second kappa shape index (κ2) is 11.7. The molecule has 200 valence electrons. The molecule has 0 fully saturated rings. The van der Waals surface area contributed by atoms with Crippen LogP contribution >= 0.6 is 0 Å². The highest BCUT2D eigenvalue weighted by Gasteiger charge is 2.10. The molecule has 0 aliphatic rings. The topological polar surface area (TPSA) is 81.5 Å². The van der Waals surface area contributed by atoms with E-state index in [9.17, 15) is 9.90 Å². The predicted octanol–water partition coefficient (Wildman–Crippen LogP) is 7.46. The van der Waals surface area contributed by atoms with Crippen LogP contribution in [0, 0.1) is 0 Å². The van der Waals surface area contributed by atoms with Crippen molar-refractivity contribution < 1.29 is 19.4 Å². The van der Waals surface area contributed by atoms with Crippen molar-refractivity contribution in [2.75, 3.05) is 0 Å². The largest absolute Gasteiger partial charge is 0.487 e. The van der Waals surface area contributed by atoms with Crippen LogP contribution in [0.3, 0.4) is 0 Å². The summed E-state index contributed by atoms with van der Waals surface area (Å²) in [6.07, 6.45) is 1.21. The first-order valence-corrected chi connectivity index (χ1v) is 13.2. The lowest BCUT2D eigenvalue weighted by atomic mass is 9.97. The second-order valence-corrected chi connectivity index (χ2v) is 9.51. The Balaban J connectivity index is 1.12. The molecular formula is C35H26N2O4. The van der Waals surface area contributed by atoms with E-state index in [4.69, 9.17) is 9.47 Å². The van der Waals surface area contributed by atoms with Crippen molar-refractivity contribution in [2.45, 2.75) is 13.2 Å². The number of aliphatic carboxylic acids is 1. The van der Waals surface area contributed by atoms with Crippen LogP contribution in [-0.2, 0) is 18.0 Å². The van der Waals surface area contributed by atoms with Gasteiger partial charge in [0.05, 0.1) is 22.4 Å². The summed E-state index contributed by atoms with van der Waals surface area (Å²) in [5.74, 6) is 0.319. The van der Waals surface area contributed by atoms with Crippen LogP contribution in [0.2, 0.25) is 0 Å². The van der Waals surface area contributed by atoms with Crippen LogP contribution in [0.1, 0.15) is 22.5 Å². The maximum Gasteiger partial charge on any atom is 0.328 e. The number of fused-ring (bicyclic) bond motifs is 2. The Hall–Kier alpha value is -5.49. The summed E-state index contributed by atoms with van der Waals surface area (Å²) in [4.78, 5) is 20.9. The zero-order chi connectivity index (χ0) is 28.0. The van der Waals surface area contributed by atoms with Gasteiger partial charge in [-0.05, 0) is 65.2 Å². The Morgan fingerprint density at radius 2 is 1.02 bits per heavy atom. The number of aromatic nitrogens is 2. The fourth-order valence-corrected chi connectivity index (χ4v) is 4.61. The van der Waals surface area contributed by atoms with Crippen molar-refractivity contribution in [3.8, 4) is 11.5 Å².